The highest BCUT2D eigenvalue weighted by Gasteiger charge is 2.43. The van der Waals surface area contributed by atoms with Crippen LogP contribution in [0.2, 0.25) is 0 Å². The Morgan fingerprint density at radius 3 is 2.75 bits per heavy atom. The van der Waals surface area contributed by atoms with E-state index >= 15 is 0 Å². The Hall–Kier alpha value is -2.10. The van der Waals surface area contributed by atoms with E-state index in [0.29, 0.717) is 13.1 Å². The van der Waals surface area contributed by atoms with Gasteiger partial charge in [0, 0.05) is 19.0 Å². The Bertz CT molecular complexity index is 498. The Labute approximate surface area is 119 Å². The largest absolute Gasteiger partial charge is 0.468 e. The lowest BCUT2D eigenvalue weighted by Crippen LogP contribution is -2.32. The Morgan fingerprint density at radius 1 is 1.45 bits per heavy atom. The van der Waals surface area contributed by atoms with Crippen LogP contribution in [-0.4, -0.2) is 37.0 Å². The van der Waals surface area contributed by atoms with Crippen LogP contribution in [0.4, 0.5) is 0 Å². The van der Waals surface area contributed by atoms with Crippen molar-refractivity contribution in [2.75, 3.05) is 20.2 Å². The minimum atomic E-state index is -0.728. The number of hydrogen-bond donors (Lipinski definition) is 0. The molecule has 0 N–H and O–H groups in total. The Kier molecular flexibility index (Phi) is 4.56. The van der Waals surface area contributed by atoms with Gasteiger partial charge in [0.25, 0.3) is 0 Å². The number of methoxy groups -OCH3 is 1. The first-order chi connectivity index (χ1) is 9.67. The Balaban J connectivity index is 2.01. The van der Waals surface area contributed by atoms with Crippen LogP contribution >= 0.6 is 0 Å². The lowest BCUT2D eigenvalue weighted by Gasteiger charge is -2.16. The zero-order chi connectivity index (χ0) is 14.5. The number of ether oxygens (including phenoxy) is 1. The highest BCUT2D eigenvalue weighted by molar-refractivity contribution is 6.00. The minimum Gasteiger partial charge on any atom is -0.468 e. The van der Waals surface area contributed by atoms with E-state index in [1.807, 2.05) is 30.3 Å². The second-order valence-electron chi connectivity index (χ2n) is 4.92. The fourth-order valence-corrected chi connectivity index (χ4v) is 2.55. The van der Waals surface area contributed by atoms with Crippen molar-refractivity contribution in [3.8, 4) is 0 Å². The number of hydrogen-bond acceptors (Lipinski definition) is 3. The van der Waals surface area contributed by atoms with Crippen molar-refractivity contribution in [1.82, 2.24) is 4.90 Å². The summed E-state index contributed by atoms with van der Waals surface area (Å²) in [5.74, 6) is -1.52. The third-order valence-corrected chi connectivity index (χ3v) is 3.71. The summed E-state index contributed by atoms with van der Waals surface area (Å²) in [5, 5.41) is 0. The molecule has 1 saturated heterocycles. The van der Waals surface area contributed by atoms with Gasteiger partial charge in [0.05, 0.1) is 7.11 Å². The van der Waals surface area contributed by atoms with Gasteiger partial charge in [-0.05, 0) is 12.0 Å². The fourth-order valence-electron chi connectivity index (χ4n) is 2.55. The molecule has 0 spiro atoms. The van der Waals surface area contributed by atoms with Gasteiger partial charge in [-0.2, -0.15) is 0 Å². The number of nitrogens with zero attached hydrogens (tertiary/aromatic N) is 1. The third kappa shape index (κ3) is 2.90. The molecule has 0 aliphatic carbocycles. The predicted molar refractivity (Wildman–Crippen MR) is 75.9 cm³/mol. The van der Waals surface area contributed by atoms with Gasteiger partial charge in [0.1, 0.15) is 5.92 Å². The van der Waals surface area contributed by atoms with Crippen molar-refractivity contribution in [3.05, 3.63) is 48.6 Å². The topological polar surface area (TPSA) is 46.6 Å². The molecule has 4 heteroatoms. The molecule has 2 unspecified atom stereocenters. The van der Waals surface area contributed by atoms with E-state index in [-0.39, 0.29) is 11.8 Å². The first-order valence-electron chi connectivity index (χ1n) is 6.70. The summed E-state index contributed by atoms with van der Waals surface area (Å²) >= 11 is 0. The second-order valence-corrected chi connectivity index (χ2v) is 4.92. The maximum absolute atomic E-state index is 12.3. The maximum Gasteiger partial charge on any atom is 0.318 e. The normalized spacial score (nSPS) is 21.9. The number of amides is 1. The molecule has 1 amide bonds. The van der Waals surface area contributed by atoms with Crippen molar-refractivity contribution in [1.29, 1.82) is 0 Å². The molecule has 1 aromatic rings. The van der Waals surface area contributed by atoms with E-state index in [9.17, 15) is 9.59 Å². The number of carbonyl (C=O) groups is 2. The summed E-state index contributed by atoms with van der Waals surface area (Å²) < 4.78 is 4.71. The van der Waals surface area contributed by atoms with Crippen molar-refractivity contribution in [2.24, 2.45) is 11.8 Å². The van der Waals surface area contributed by atoms with Gasteiger partial charge in [-0.3, -0.25) is 9.59 Å². The van der Waals surface area contributed by atoms with E-state index in [2.05, 4.69) is 6.58 Å². The van der Waals surface area contributed by atoms with Crippen molar-refractivity contribution >= 4 is 11.9 Å². The molecule has 1 aromatic carbocycles. The van der Waals surface area contributed by atoms with Crippen molar-refractivity contribution < 1.29 is 14.3 Å². The quantitative estimate of drug-likeness (QED) is 0.466. The molecular weight excluding hydrogens is 254 g/mol. The summed E-state index contributed by atoms with van der Waals surface area (Å²) in [7, 11) is 1.31. The molecule has 106 valence electrons. The molecule has 4 nitrogen and oxygen atoms in total. The van der Waals surface area contributed by atoms with Gasteiger partial charge in [0.2, 0.25) is 5.91 Å². The number of rotatable bonds is 5. The van der Waals surface area contributed by atoms with Gasteiger partial charge in [-0.25, -0.2) is 0 Å². The Morgan fingerprint density at radius 2 is 2.15 bits per heavy atom. The average Bonchev–Trinajstić information content (AvgIpc) is 2.81. The zero-order valence-electron chi connectivity index (χ0n) is 11.6. The molecule has 20 heavy (non-hydrogen) atoms. The van der Waals surface area contributed by atoms with Crippen LogP contribution < -0.4 is 0 Å². The van der Waals surface area contributed by atoms with Crippen LogP contribution in [-0.2, 0) is 20.7 Å². The van der Waals surface area contributed by atoms with E-state index in [0.717, 1.165) is 6.42 Å². The molecule has 0 bridgehead atoms. The smallest absolute Gasteiger partial charge is 0.318 e. The standard InChI is InChI=1S/C16H19NO3/c1-3-13-11-17(15(18)14(13)16(19)20-2)10-9-12-7-5-4-6-8-12/h3-8,13-14H,1,9-11H2,2H3. The summed E-state index contributed by atoms with van der Waals surface area (Å²) in [5.41, 5.74) is 1.18. The number of benzene rings is 1. The molecule has 0 aromatic heterocycles. The van der Waals surface area contributed by atoms with Crippen molar-refractivity contribution in [2.45, 2.75) is 6.42 Å². The molecule has 1 heterocycles. The van der Waals surface area contributed by atoms with Crippen LogP contribution in [0.3, 0.4) is 0 Å². The van der Waals surface area contributed by atoms with Gasteiger partial charge in [-0.15, -0.1) is 6.58 Å². The molecule has 0 radical (unpaired) electrons. The van der Waals surface area contributed by atoms with Crippen LogP contribution in [0.15, 0.2) is 43.0 Å². The number of likely N-dealkylation sites (tertiary alicyclic amines) is 1. The highest BCUT2D eigenvalue weighted by Crippen LogP contribution is 2.27. The lowest BCUT2D eigenvalue weighted by atomic mass is 9.96. The molecule has 1 aliphatic heterocycles. The van der Waals surface area contributed by atoms with E-state index in [4.69, 9.17) is 4.74 Å². The van der Waals surface area contributed by atoms with Gasteiger partial charge >= 0.3 is 5.97 Å². The molecule has 1 aliphatic rings. The molecule has 2 atom stereocenters. The van der Waals surface area contributed by atoms with Crippen LogP contribution in [0, 0.1) is 11.8 Å². The number of carbonyl (C=O) groups excluding carboxylic acids is 2. The highest BCUT2D eigenvalue weighted by atomic mass is 16.5. The molecule has 2 rings (SSSR count). The summed E-state index contributed by atoms with van der Waals surface area (Å²) in [4.78, 5) is 25.7. The average molecular weight is 273 g/mol. The summed E-state index contributed by atoms with van der Waals surface area (Å²) in [6, 6.07) is 9.98. The van der Waals surface area contributed by atoms with Crippen LogP contribution in [0.25, 0.3) is 0 Å². The summed E-state index contributed by atoms with van der Waals surface area (Å²) in [6.45, 7) is 4.86. The fraction of sp³-hybridized carbons (Fsp3) is 0.375. The first kappa shape index (κ1) is 14.3. The molecular formula is C16H19NO3. The predicted octanol–water partition coefficient (Wildman–Crippen LogP) is 1.66. The van der Waals surface area contributed by atoms with E-state index in [1.165, 1.54) is 12.7 Å². The van der Waals surface area contributed by atoms with Crippen LogP contribution in [0.5, 0.6) is 0 Å². The minimum absolute atomic E-state index is 0.155. The van der Waals surface area contributed by atoms with Crippen LogP contribution in [0.1, 0.15) is 5.56 Å². The van der Waals surface area contributed by atoms with Crippen molar-refractivity contribution in [3.63, 3.8) is 0 Å². The molecule has 1 fully saturated rings. The van der Waals surface area contributed by atoms with E-state index < -0.39 is 11.9 Å². The third-order valence-electron chi connectivity index (χ3n) is 3.71. The lowest BCUT2D eigenvalue weighted by molar-refractivity contribution is -0.151. The summed E-state index contributed by atoms with van der Waals surface area (Å²) in [6.07, 6.45) is 2.45. The maximum atomic E-state index is 12.3. The first-order valence-corrected chi connectivity index (χ1v) is 6.70. The van der Waals surface area contributed by atoms with Gasteiger partial charge in [0.15, 0.2) is 0 Å². The van der Waals surface area contributed by atoms with Gasteiger partial charge in [-0.1, -0.05) is 36.4 Å². The second kappa shape index (κ2) is 6.37. The monoisotopic (exact) mass is 273 g/mol. The zero-order valence-corrected chi connectivity index (χ0v) is 11.6. The van der Waals surface area contributed by atoms with E-state index in [1.54, 1.807) is 11.0 Å². The van der Waals surface area contributed by atoms with Gasteiger partial charge < -0.3 is 9.64 Å². The molecule has 0 saturated carbocycles. The SMILES string of the molecule is C=CC1CN(CCc2ccccc2)C(=O)C1C(=O)OC. The number of esters is 1.